The van der Waals surface area contributed by atoms with Crippen molar-refractivity contribution in [2.75, 3.05) is 0 Å². The van der Waals surface area contributed by atoms with E-state index in [0.717, 1.165) is 20.8 Å². The molecule has 0 spiro atoms. The van der Waals surface area contributed by atoms with Crippen LogP contribution in [0.1, 0.15) is 29.0 Å². The molecule has 0 saturated carbocycles. The van der Waals surface area contributed by atoms with Gasteiger partial charge in [0, 0.05) is 17.3 Å². The predicted molar refractivity (Wildman–Crippen MR) is 94.1 cm³/mol. The third-order valence-corrected chi connectivity index (χ3v) is 5.15. The second-order valence-corrected chi connectivity index (χ2v) is 6.92. The first-order valence-corrected chi connectivity index (χ1v) is 8.43. The normalized spacial score (nSPS) is 12.3. The molecule has 24 heavy (non-hydrogen) atoms. The Morgan fingerprint density at radius 3 is 2.92 bits per heavy atom. The Kier molecular flexibility index (Phi) is 4.44. The van der Waals surface area contributed by atoms with Gasteiger partial charge in [0.2, 0.25) is 5.91 Å². The molecule has 1 atom stereocenters. The molecule has 0 aliphatic carbocycles. The molecule has 0 saturated heterocycles. The number of carbonyl (C=O) groups excluding carboxylic acids is 1. The fourth-order valence-electron chi connectivity index (χ4n) is 2.54. The van der Waals surface area contributed by atoms with Crippen molar-refractivity contribution in [2.45, 2.75) is 33.4 Å². The monoisotopic (exact) mass is 342 g/mol. The lowest BCUT2D eigenvalue weighted by atomic mass is 10.1. The second kappa shape index (κ2) is 6.52. The standard InChI is InChI=1S/C17H18N4O2S/c1-10-12(3)24-16-15(10)17(23)21(9-19-16)8-14(22)20-11(2)13-5-4-6-18-7-13/h4-7,9,11H,8H2,1-3H3,(H,20,22). The Morgan fingerprint density at radius 2 is 2.21 bits per heavy atom. The van der Waals surface area contributed by atoms with Gasteiger partial charge in [-0.2, -0.15) is 0 Å². The van der Waals surface area contributed by atoms with Crippen LogP contribution < -0.4 is 10.9 Å². The largest absolute Gasteiger partial charge is 0.348 e. The summed E-state index contributed by atoms with van der Waals surface area (Å²) < 4.78 is 1.35. The number of pyridine rings is 1. The summed E-state index contributed by atoms with van der Waals surface area (Å²) >= 11 is 1.50. The van der Waals surface area contributed by atoms with E-state index in [1.807, 2.05) is 32.9 Å². The topological polar surface area (TPSA) is 76.9 Å². The minimum Gasteiger partial charge on any atom is -0.348 e. The van der Waals surface area contributed by atoms with Crippen molar-refractivity contribution in [2.24, 2.45) is 0 Å². The number of hydrogen-bond donors (Lipinski definition) is 1. The maximum Gasteiger partial charge on any atom is 0.262 e. The molecule has 3 aromatic heterocycles. The molecule has 3 heterocycles. The van der Waals surface area contributed by atoms with Gasteiger partial charge in [-0.15, -0.1) is 11.3 Å². The number of carbonyl (C=O) groups is 1. The smallest absolute Gasteiger partial charge is 0.262 e. The van der Waals surface area contributed by atoms with Crippen LogP contribution in [0.4, 0.5) is 0 Å². The molecule has 1 unspecified atom stereocenters. The van der Waals surface area contributed by atoms with E-state index in [9.17, 15) is 9.59 Å². The molecule has 124 valence electrons. The highest BCUT2D eigenvalue weighted by Gasteiger charge is 2.15. The molecule has 0 aliphatic rings. The van der Waals surface area contributed by atoms with E-state index in [1.54, 1.807) is 12.4 Å². The van der Waals surface area contributed by atoms with Crippen molar-refractivity contribution in [3.8, 4) is 0 Å². The van der Waals surface area contributed by atoms with Crippen molar-refractivity contribution in [3.63, 3.8) is 0 Å². The van der Waals surface area contributed by atoms with E-state index in [4.69, 9.17) is 0 Å². The third kappa shape index (κ3) is 3.07. The van der Waals surface area contributed by atoms with Gasteiger partial charge in [0.25, 0.3) is 5.56 Å². The van der Waals surface area contributed by atoms with Crippen LogP contribution in [-0.2, 0) is 11.3 Å². The highest BCUT2D eigenvalue weighted by molar-refractivity contribution is 7.18. The minimum absolute atomic E-state index is 0.0549. The Bertz CT molecular complexity index is 946. The molecule has 6 nitrogen and oxygen atoms in total. The molecule has 0 aliphatic heterocycles. The van der Waals surface area contributed by atoms with Gasteiger partial charge < -0.3 is 5.32 Å². The van der Waals surface area contributed by atoms with Crippen LogP contribution in [0.3, 0.4) is 0 Å². The van der Waals surface area contributed by atoms with Gasteiger partial charge in [-0.3, -0.25) is 19.1 Å². The van der Waals surface area contributed by atoms with Crippen molar-refractivity contribution < 1.29 is 4.79 Å². The molecule has 0 radical (unpaired) electrons. The third-order valence-electron chi connectivity index (χ3n) is 4.03. The summed E-state index contributed by atoms with van der Waals surface area (Å²) in [5.41, 5.74) is 1.67. The average Bonchev–Trinajstić information content (AvgIpc) is 2.86. The number of hydrogen-bond acceptors (Lipinski definition) is 5. The average molecular weight is 342 g/mol. The van der Waals surface area contributed by atoms with Crippen LogP contribution in [0, 0.1) is 13.8 Å². The number of nitrogens with one attached hydrogen (secondary N) is 1. The van der Waals surface area contributed by atoms with Crippen molar-refractivity contribution in [1.82, 2.24) is 19.9 Å². The number of thiophene rings is 1. The fourth-order valence-corrected chi connectivity index (χ4v) is 3.53. The SMILES string of the molecule is Cc1sc2ncn(CC(=O)NC(C)c3cccnc3)c(=O)c2c1C. The van der Waals surface area contributed by atoms with Gasteiger partial charge in [-0.05, 0) is 38.0 Å². The van der Waals surface area contributed by atoms with Crippen LogP contribution in [-0.4, -0.2) is 20.4 Å². The molecule has 3 aromatic rings. The van der Waals surface area contributed by atoms with Crippen LogP contribution in [0.5, 0.6) is 0 Å². The van der Waals surface area contributed by atoms with E-state index >= 15 is 0 Å². The van der Waals surface area contributed by atoms with Crippen molar-refractivity contribution in [1.29, 1.82) is 0 Å². The number of aryl methyl sites for hydroxylation is 2. The highest BCUT2D eigenvalue weighted by Crippen LogP contribution is 2.25. The molecular weight excluding hydrogens is 324 g/mol. The van der Waals surface area contributed by atoms with E-state index in [0.29, 0.717) is 5.39 Å². The van der Waals surface area contributed by atoms with Crippen LogP contribution in [0.2, 0.25) is 0 Å². The lowest BCUT2D eigenvalue weighted by Gasteiger charge is -2.14. The van der Waals surface area contributed by atoms with E-state index in [1.165, 1.54) is 22.2 Å². The summed E-state index contributed by atoms with van der Waals surface area (Å²) in [6.07, 6.45) is 4.83. The summed E-state index contributed by atoms with van der Waals surface area (Å²) in [5, 5.41) is 3.48. The predicted octanol–water partition coefficient (Wildman–Crippen LogP) is 2.35. The second-order valence-electron chi connectivity index (χ2n) is 5.72. The van der Waals surface area contributed by atoms with Crippen LogP contribution >= 0.6 is 11.3 Å². The number of amides is 1. The van der Waals surface area contributed by atoms with Crippen molar-refractivity contribution >= 4 is 27.5 Å². The summed E-state index contributed by atoms with van der Waals surface area (Å²) in [4.78, 5) is 35.0. The number of rotatable bonds is 4. The Balaban J connectivity index is 1.80. The Hall–Kier alpha value is -2.54. The number of nitrogens with zero attached hydrogens (tertiary/aromatic N) is 3. The fraction of sp³-hybridized carbons (Fsp3) is 0.294. The zero-order chi connectivity index (χ0) is 17.3. The maximum atomic E-state index is 12.6. The van der Waals surface area contributed by atoms with Gasteiger partial charge in [0.05, 0.1) is 17.8 Å². The first-order chi connectivity index (χ1) is 11.5. The summed E-state index contributed by atoms with van der Waals surface area (Å²) in [7, 11) is 0. The summed E-state index contributed by atoms with van der Waals surface area (Å²) in [5.74, 6) is -0.237. The number of aromatic nitrogens is 3. The molecule has 3 rings (SSSR count). The van der Waals surface area contributed by atoms with E-state index in [2.05, 4.69) is 15.3 Å². The van der Waals surface area contributed by atoms with Crippen molar-refractivity contribution in [3.05, 3.63) is 57.2 Å². The van der Waals surface area contributed by atoms with Crippen LogP contribution in [0.25, 0.3) is 10.2 Å². The first-order valence-electron chi connectivity index (χ1n) is 7.62. The summed E-state index contributed by atoms with van der Waals surface area (Å²) in [6.45, 7) is 5.70. The van der Waals surface area contributed by atoms with Gasteiger partial charge in [-0.1, -0.05) is 6.07 Å². The summed E-state index contributed by atoms with van der Waals surface area (Å²) in [6, 6.07) is 3.54. The zero-order valence-corrected chi connectivity index (χ0v) is 14.6. The van der Waals surface area contributed by atoms with E-state index < -0.39 is 0 Å². The molecule has 0 aromatic carbocycles. The van der Waals surface area contributed by atoms with Gasteiger partial charge in [-0.25, -0.2) is 4.98 Å². The zero-order valence-electron chi connectivity index (χ0n) is 13.7. The maximum absolute atomic E-state index is 12.6. The first kappa shape index (κ1) is 16.3. The lowest BCUT2D eigenvalue weighted by Crippen LogP contribution is -2.34. The molecule has 1 N–H and O–H groups in total. The molecule has 7 heteroatoms. The van der Waals surface area contributed by atoms with Gasteiger partial charge >= 0.3 is 0 Å². The Morgan fingerprint density at radius 1 is 1.42 bits per heavy atom. The lowest BCUT2D eigenvalue weighted by molar-refractivity contribution is -0.122. The minimum atomic E-state index is -0.237. The highest BCUT2D eigenvalue weighted by atomic mass is 32.1. The molecule has 1 amide bonds. The molecule has 0 bridgehead atoms. The molecular formula is C17H18N4O2S. The molecule has 0 fully saturated rings. The van der Waals surface area contributed by atoms with E-state index in [-0.39, 0.29) is 24.1 Å². The van der Waals surface area contributed by atoms with Crippen LogP contribution in [0.15, 0.2) is 35.6 Å². The van der Waals surface area contributed by atoms with Gasteiger partial charge in [0.1, 0.15) is 11.4 Å². The Labute approximate surface area is 143 Å². The number of fused-ring (bicyclic) bond motifs is 1. The van der Waals surface area contributed by atoms with Gasteiger partial charge in [0.15, 0.2) is 0 Å². The quantitative estimate of drug-likeness (QED) is 0.789.